The Labute approximate surface area is 151 Å². The first-order valence-corrected chi connectivity index (χ1v) is 10.3. The third kappa shape index (κ3) is 5.18. The van der Waals surface area contributed by atoms with Crippen LogP contribution in [0.25, 0.3) is 0 Å². The number of amides is 1. The molecule has 1 fully saturated rings. The molecule has 0 saturated carbocycles. The second-order valence-electron chi connectivity index (χ2n) is 6.07. The Morgan fingerprint density at radius 2 is 2.16 bits per heavy atom. The van der Waals surface area contributed by atoms with E-state index in [4.69, 9.17) is 16.3 Å². The summed E-state index contributed by atoms with van der Waals surface area (Å²) in [6.07, 6.45) is 2.21. The molecule has 0 spiro atoms. The molecule has 1 aromatic rings. The lowest BCUT2D eigenvalue weighted by atomic mass is 10.2. The van der Waals surface area contributed by atoms with Crippen molar-refractivity contribution in [3.8, 4) is 0 Å². The largest absolute Gasteiger partial charge is 0.452 e. The number of unbranched alkanes of at least 4 members (excludes halogenated alkanes) is 1. The van der Waals surface area contributed by atoms with Crippen LogP contribution in [0.1, 0.15) is 42.2 Å². The molecular weight excluding hydrogens is 370 g/mol. The van der Waals surface area contributed by atoms with Crippen LogP contribution in [-0.4, -0.2) is 54.2 Å². The van der Waals surface area contributed by atoms with E-state index in [-0.39, 0.29) is 22.2 Å². The normalized spacial score (nSPS) is 18.9. The van der Waals surface area contributed by atoms with Crippen LogP contribution >= 0.6 is 11.6 Å². The first-order valence-electron chi connectivity index (χ1n) is 8.13. The summed E-state index contributed by atoms with van der Waals surface area (Å²) in [5.74, 6) is -1.28. The molecule has 1 amide bonds. The molecule has 10 heteroatoms. The summed E-state index contributed by atoms with van der Waals surface area (Å²) in [7, 11) is -3.08. The lowest BCUT2D eigenvalue weighted by molar-refractivity contribution is -0.124. The molecule has 0 aromatic carbocycles. The van der Waals surface area contributed by atoms with Gasteiger partial charge in [-0.1, -0.05) is 24.9 Å². The smallest absolute Gasteiger partial charge is 0.343 e. The van der Waals surface area contributed by atoms with E-state index in [0.29, 0.717) is 18.7 Å². The van der Waals surface area contributed by atoms with Crippen molar-refractivity contribution in [3.63, 3.8) is 0 Å². The van der Waals surface area contributed by atoms with Crippen LogP contribution in [0.5, 0.6) is 0 Å². The van der Waals surface area contributed by atoms with Gasteiger partial charge in [0.25, 0.3) is 5.91 Å². The minimum atomic E-state index is -3.08. The van der Waals surface area contributed by atoms with Crippen LogP contribution in [-0.2, 0) is 25.9 Å². The fraction of sp³-hybridized carbons (Fsp3) is 0.667. The molecule has 140 valence electrons. The number of esters is 1. The average molecular weight is 392 g/mol. The van der Waals surface area contributed by atoms with E-state index in [0.717, 1.165) is 12.8 Å². The first kappa shape index (κ1) is 19.7. The first-order chi connectivity index (χ1) is 11.7. The maximum absolute atomic E-state index is 12.2. The number of nitrogens with zero attached hydrogens (tertiary/aromatic N) is 2. The van der Waals surface area contributed by atoms with Crippen LogP contribution in [0.15, 0.2) is 0 Å². The quantitative estimate of drug-likeness (QED) is 0.697. The van der Waals surface area contributed by atoms with Gasteiger partial charge in [0.15, 0.2) is 16.4 Å². The Kier molecular flexibility index (Phi) is 6.45. The van der Waals surface area contributed by atoms with Crippen LogP contribution in [0, 0.1) is 6.92 Å². The summed E-state index contributed by atoms with van der Waals surface area (Å²) in [5, 5.41) is 6.96. The highest BCUT2D eigenvalue weighted by molar-refractivity contribution is 7.91. The molecule has 1 aliphatic rings. The third-order valence-corrected chi connectivity index (χ3v) is 6.08. The van der Waals surface area contributed by atoms with Gasteiger partial charge in [0, 0.05) is 12.6 Å². The molecule has 1 aromatic heterocycles. The van der Waals surface area contributed by atoms with Gasteiger partial charge in [-0.3, -0.25) is 9.48 Å². The second-order valence-corrected chi connectivity index (χ2v) is 8.66. The van der Waals surface area contributed by atoms with Gasteiger partial charge >= 0.3 is 5.97 Å². The Morgan fingerprint density at radius 1 is 1.44 bits per heavy atom. The molecule has 1 aliphatic heterocycles. The molecule has 1 atom stereocenters. The van der Waals surface area contributed by atoms with Gasteiger partial charge in [-0.15, -0.1) is 0 Å². The number of carbonyl (C=O) groups excluding carboxylic acids is 2. The number of carbonyl (C=O) groups is 2. The van der Waals surface area contributed by atoms with Crippen LogP contribution in [0.3, 0.4) is 0 Å². The molecular formula is C15H22ClN3O5S. The maximum Gasteiger partial charge on any atom is 0.343 e. The zero-order valence-electron chi connectivity index (χ0n) is 14.2. The van der Waals surface area contributed by atoms with Gasteiger partial charge in [0.2, 0.25) is 0 Å². The molecule has 1 saturated heterocycles. The number of rotatable bonds is 7. The van der Waals surface area contributed by atoms with E-state index in [1.807, 2.05) is 6.92 Å². The minimum Gasteiger partial charge on any atom is -0.452 e. The van der Waals surface area contributed by atoms with E-state index in [1.165, 1.54) is 0 Å². The van der Waals surface area contributed by atoms with Crippen molar-refractivity contribution in [1.82, 2.24) is 15.1 Å². The number of halogens is 1. The highest BCUT2D eigenvalue weighted by atomic mass is 35.5. The van der Waals surface area contributed by atoms with E-state index in [1.54, 1.807) is 11.6 Å². The van der Waals surface area contributed by atoms with Gasteiger partial charge in [-0.05, 0) is 19.8 Å². The molecule has 0 bridgehead atoms. The third-order valence-electron chi connectivity index (χ3n) is 3.92. The number of aromatic nitrogens is 2. The SMILES string of the molecule is CCCCn1nc(C)c(C(=O)OCC(=O)N[C@H]2CCS(=O)(=O)C2)c1Cl. The summed E-state index contributed by atoms with van der Waals surface area (Å²) in [6, 6.07) is -0.432. The number of sulfone groups is 1. The molecule has 2 heterocycles. The van der Waals surface area contributed by atoms with Crippen molar-refractivity contribution in [2.24, 2.45) is 0 Å². The fourth-order valence-corrected chi connectivity index (χ4v) is 4.63. The van der Waals surface area contributed by atoms with E-state index >= 15 is 0 Å². The molecule has 2 rings (SSSR count). The summed E-state index contributed by atoms with van der Waals surface area (Å²) in [6.45, 7) is 3.79. The summed E-state index contributed by atoms with van der Waals surface area (Å²) < 4.78 is 29.3. The maximum atomic E-state index is 12.2. The predicted molar refractivity (Wildman–Crippen MR) is 92.4 cm³/mol. The van der Waals surface area contributed by atoms with Crippen molar-refractivity contribution in [2.75, 3.05) is 18.1 Å². The molecule has 0 radical (unpaired) electrons. The number of nitrogens with one attached hydrogen (secondary N) is 1. The van der Waals surface area contributed by atoms with E-state index in [9.17, 15) is 18.0 Å². The van der Waals surface area contributed by atoms with Crippen LogP contribution in [0.2, 0.25) is 5.15 Å². The van der Waals surface area contributed by atoms with Crippen LogP contribution in [0.4, 0.5) is 0 Å². The monoisotopic (exact) mass is 391 g/mol. The van der Waals surface area contributed by atoms with Crippen molar-refractivity contribution in [2.45, 2.75) is 45.7 Å². The van der Waals surface area contributed by atoms with Crippen LogP contribution < -0.4 is 5.32 Å². The molecule has 25 heavy (non-hydrogen) atoms. The van der Waals surface area contributed by atoms with E-state index in [2.05, 4.69) is 10.4 Å². The zero-order chi connectivity index (χ0) is 18.6. The number of hydrogen-bond donors (Lipinski definition) is 1. The predicted octanol–water partition coefficient (Wildman–Crippen LogP) is 1.11. The number of hydrogen-bond acceptors (Lipinski definition) is 6. The highest BCUT2D eigenvalue weighted by Crippen LogP contribution is 2.21. The topological polar surface area (TPSA) is 107 Å². The second kappa shape index (κ2) is 8.18. The van der Waals surface area contributed by atoms with Gasteiger partial charge in [0.05, 0.1) is 17.2 Å². The Morgan fingerprint density at radius 3 is 2.76 bits per heavy atom. The summed E-state index contributed by atoms with van der Waals surface area (Å²) >= 11 is 6.18. The molecule has 0 aliphatic carbocycles. The number of aryl methyl sites for hydroxylation is 2. The van der Waals surface area contributed by atoms with Gasteiger partial charge in [-0.2, -0.15) is 5.10 Å². The standard InChI is InChI=1S/C15H22ClN3O5S/c1-3-4-6-19-14(16)13(10(2)18-19)15(21)24-8-12(20)17-11-5-7-25(22,23)9-11/h11H,3-9H2,1-2H3,(H,17,20)/t11-/m0/s1. The highest BCUT2D eigenvalue weighted by Gasteiger charge is 2.29. The Bertz CT molecular complexity index is 759. The molecule has 8 nitrogen and oxygen atoms in total. The van der Waals surface area contributed by atoms with E-state index < -0.39 is 34.4 Å². The average Bonchev–Trinajstić information content (AvgIpc) is 3.01. The zero-order valence-corrected chi connectivity index (χ0v) is 15.8. The fourth-order valence-electron chi connectivity index (χ4n) is 2.62. The Hall–Kier alpha value is -1.61. The van der Waals surface area contributed by atoms with Crippen molar-refractivity contribution >= 4 is 33.3 Å². The van der Waals surface area contributed by atoms with Gasteiger partial charge in [0.1, 0.15) is 10.7 Å². The summed E-state index contributed by atoms with van der Waals surface area (Å²) in [5.41, 5.74) is 0.586. The Balaban J connectivity index is 1.90. The van der Waals surface area contributed by atoms with Gasteiger partial charge < -0.3 is 10.1 Å². The minimum absolute atomic E-state index is 0.0590. The lowest BCUT2D eigenvalue weighted by Gasteiger charge is -2.11. The summed E-state index contributed by atoms with van der Waals surface area (Å²) in [4.78, 5) is 24.0. The van der Waals surface area contributed by atoms with Crippen molar-refractivity contribution < 1.29 is 22.7 Å². The molecule has 1 N–H and O–H groups in total. The number of ether oxygens (including phenoxy) is 1. The molecule has 0 unspecified atom stereocenters. The lowest BCUT2D eigenvalue weighted by Crippen LogP contribution is -2.38. The van der Waals surface area contributed by atoms with Crippen molar-refractivity contribution in [3.05, 3.63) is 16.4 Å². The van der Waals surface area contributed by atoms with Gasteiger partial charge in [-0.25, -0.2) is 13.2 Å². The van der Waals surface area contributed by atoms with Crippen molar-refractivity contribution in [1.29, 1.82) is 0 Å².